The molecule has 6 heteroatoms. The largest absolute Gasteiger partial charge is 0.497 e. The lowest BCUT2D eigenvalue weighted by atomic mass is 9.85. The van der Waals surface area contributed by atoms with Crippen LogP contribution in [0.1, 0.15) is 43.6 Å². The molecule has 0 radical (unpaired) electrons. The monoisotopic (exact) mass is 378 g/mol. The van der Waals surface area contributed by atoms with E-state index in [1.54, 1.807) is 31.4 Å². The Hall–Kier alpha value is -2.99. The van der Waals surface area contributed by atoms with Crippen LogP contribution in [0.15, 0.2) is 54.6 Å². The molecule has 1 amide bonds. The molecular formula is C21H18N2O3S. The molecule has 0 bridgehead atoms. The first kappa shape index (κ1) is 17.4. The zero-order chi connectivity index (χ0) is 18.8. The van der Waals surface area contributed by atoms with Gasteiger partial charge in [0.05, 0.1) is 17.7 Å². The number of amides is 1. The molecule has 0 saturated heterocycles. The van der Waals surface area contributed by atoms with Gasteiger partial charge in [0.25, 0.3) is 5.91 Å². The van der Waals surface area contributed by atoms with E-state index in [0.29, 0.717) is 34.2 Å². The second-order valence-electron chi connectivity index (χ2n) is 6.42. The fraction of sp³-hybridized carbons (Fsp3) is 0.190. The van der Waals surface area contributed by atoms with E-state index in [2.05, 4.69) is 10.3 Å². The van der Waals surface area contributed by atoms with E-state index in [0.717, 1.165) is 11.3 Å². The van der Waals surface area contributed by atoms with E-state index in [-0.39, 0.29) is 17.6 Å². The second-order valence-corrected chi connectivity index (χ2v) is 7.42. The average Bonchev–Trinajstić information content (AvgIpc) is 3.11. The summed E-state index contributed by atoms with van der Waals surface area (Å²) in [6, 6.07) is 16.9. The summed E-state index contributed by atoms with van der Waals surface area (Å²) in [5, 5.41) is 3.26. The molecule has 1 aromatic heterocycles. The predicted octanol–water partition coefficient (Wildman–Crippen LogP) is 4.32. The van der Waals surface area contributed by atoms with Gasteiger partial charge >= 0.3 is 0 Å². The highest BCUT2D eigenvalue weighted by molar-refractivity contribution is 7.17. The van der Waals surface area contributed by atoms with Gasteiger partial charge in [-0.1, -0.05) is 41.7 Å². The van der Waals surface area contributed by atoms with Gasteiger partial charge in [-0.05, 0) is 42.2 Å². The summed E-state index contributed by atoms with van der Waals surface area (Å²) < 4.78 is 5.10. The van der Waals surface area contributed by atoms with Gasteiger partial charge in [-0.25, -0.2) is 4.98 Å². The Balaban J connectivity index is 1.52. The van der Waals surface area contributed by atoms with Crippen LogP contribution in [0.25, 0.3) is 0 Å². The number of thiazole rings is 1. The molecule has 1 heterocycles. The number of ketones is 1. The number of methoxy groups -OCH3 is 1. The van der Waals surface area contributed by atoms with Gasteiger partial charge in [-0.3, -0.25) is 14.9 Å². The van der Waals surface area contributed by atoms with Crippen LogP contribution in [0.2, 0.25) is 0 Å². The Morgan fingerprint density at radius 3 is 2.56 bits per heavy atom. The second kappa shape index (κ2) is 7.32. The zero-order valence-electron chi connectivity index (χ0n) is 14.8. The van der Waals surface area contributed by atoms with Crippen LogP contribution >= 0.6 is 11.3 Å². The summed E-state index contributed by atoms with van der Waals surface area (Å²) in [5.41, 5.74) is 2.43. The molecule has 1 N–H and O–H groups in total. The maximum Gasteiger partial charge on any atom is 0.257 e. The number of nitrogens with zero attached hydrogens (tertiary/aromatic N) is 1. The maximum atomic E-state index is 12.6. The molecule has 1 aliphatic carbocycles. The van der Waals surface area contributed by atoms with Crippen LogP contribution in [0.5, 0.6) is 5.75 Å². The topological polar surface area (TPSA) is 68.3 Å². The van der Waals surface area contributed by atoms with E-state index in [1.807, 2.05) is 30.3 Å². The molecule has 1 aliphatic rings. The summed E-state index contributed by atoms with van der Waals surface area (Å²) >= 11 is 1.25. The number of carbonyl (C=O) groups is 2. The van der Waals surface area contributed by atoms with Gasteiger partial charge in [-0.15, -0.1) is 0 Å². The molecule has 136 valence electrons. The van der Waals surface area contributed by atoms with Gasteiger partial charge < -0.3 is 4.74 Å². The molecule has 5 nitrogen and oxygen atoms in total. The van der Waals surface area contributed by atoms with Gasteiger partial charge in [0.15, 0.2) is 10.9 Å². The van der Waals surface area contributed by atoms with Gasteiger partial charge in [0.2, 0.25) is 0 Å². The minimum atomic E-state index is -0.254. The average molecular weight is 378 g/mol. The number of anilines is 1. The molecular weight excluding hydrogens is 360 g/mol. The Bertz CT molecular complexity index is 980. The first-order valence-electron chi connectivity index (χ1n) is 8.67. The van der Waals surface area contributed by atoms with Gasteiger partial charge in [-0.2, -0.15) is 0 Å². The third-order valence-corrected chi connectivity index (χ3v) is 5.72. The highest BCUT2D eigenvalue weighted by Gasteiger charge is 2.30. The third-order valence-electron chi connectivity index (χ3n) is 4.67. The molecule has 0 saturated carbocycles. The molecule has 3 aromatic rings. The van der Waals surface area contributed by atoms with Crippen molar-refractivity contribution in [2.24, 2.45) is 0 Å². The number of rotatable bonds is 4. The molecule has 1 atom stereocenters. The van der Waals surface area contributed by atoms with Crippen molar-refractivity contribution in [3.8, 4) is 5.75 Å². The number of Topliss-reactive ketones (excluding diaryl/α,β-unsaturated/α-hetero) is 1. The fourth-order valence-electron chi connectivity index (χ4n) is 3.26. The first-order valence-corrected chi connectivity index (χ1v) is 9.49. The normalized spacial score (nSPS) is 15.9. The minimum Gasteiger partial charge on any atom is -0.497 e. The summed E-state index contributed by atoms with van der Waals surface area (Å²) in [4.78, 5) is 30.2. The zero-order valence-corrected chi connectivity index (χ0v) is 15.6. The Morgan fingerprint density at radius 1 is 1.11 bits per heavy atom. The van der Waals surface area contributed by atoms with E-state index in [4.69, 9.17) is 4.74 Å². The Kier molecular flexibility index (Phi) is 4.73. The van der Waals surface area contributed by atoms with E-state index >= 15 is 0 Å². The van der Waals surface area contributed by atoms with Crippen LogP contribution < -0.4 is 10.1 Å². The van der Waals surface area contributed by atoms with E-state index in [9.17, 15) is 9.59 Å². The van der Waals surface area contributed by atoms with Crippen molar-refractivity contribution in [3.63, 3.8) is 0 Å². The fourth-order valence-corrected chi connectivity index (χ4v) is 4.19. The van der Waals surface area contributed by atoms with Crippen molar-refractivity contribution in [2.75, 3.05) is 12.4 Å². The smallest absolute Gasteiger partial charge is 0.257 e. The SMILES string of the molecule is COc1ccc(C(=O)Nc2nc3c(s2)C(=O)C[C@@H](c2ccccc2)C3)cc1. The van der Waals surface area contributed by atoms with Gasteiger partial charge in [0.1, 0.15) is 5.75 Å². The highest BCUT2D eigenvalue weighted by Crippen LogP contribution is 2.36. The first-order chi connectivity index (χ1) is 13.1. The molecule has 2 aromatic carbocycles. The van der Waals surface area contributed by atoms with Gasteiger partial charge in [0, 0.05) is 12.0 Å². The van der Waals surface area contributed by atoms with Crippen LogP contribution in [0, 0.1) is 0 Å². The van der Waals surface area contributed by atoms with Crippen LogP contribution in [0.4, 0.5) is 5.13 Å². The number of ether oxygens (including phenoxy) is 1. The number of benzene rings is 2. The number of carbonyl (C=O) groups excluding carboxylic acids is 2. The molecule has 0 unspecified atom stereocenters. The van der Waals surface area contributed by atoms with Crippen molar-refractivity contribution in [1.82, 2.24) is 4.98 Å². The molecule has 27 heavy (non-hydrogen) atoms. The minimum absolute atomic E-state index is 0.0903. The number of hydrogen-bond acceptors (Lipinski definition) is 5. The van der Waals surface area contributed by atoms with Crippen molar-refractivity contribution in [1.29, 1.82) is 0 Å². The standard InChI is InChI=1S/C21H18N2O3S/c1-26-16-9-7-14(8-10-16)20(25)23-21-22-17-11-15(12-18(24)19(17)27-21)13-5-3-2-4-6-13/h2-10,15H,11-12H2,1H3,(H,22,23,25)/t15-/m0/s1. The van der Waals surface area contributed by atoms with Crippen molar-refractivity contribution in [2.45, 2.75) is 18.8 Å². The summed E-state index contributed by atoms with van der Waals surface area (Å²) in [7, 11) is 1.58. The lowest BCUT2D eigenvalue weighted by Crippen LogP contribution is -2.17. The number of fused-ring (bicyclic) bond motifs is 1. The van der Waals surface area contributed by atoms with Crippen LogP contribution in [-0.4, -0.2) is 23.8 Å². The van der Waals surface area contributed by atoms with Crippen LogP contribution in [0.3, 0.4) is 0 Å². The number of nitrogens with one attached hydrogen (secondary N) is 1. The van der Waals surface area contributed by atoms with Crippen molar-refractivity contribution >= 4 is 28.2 Å². The summed E-state index contributed by atoms with van der Waals surface area (Å²) in [5.74, 6) is 0.663. The Labute approximate surface area is 161 Å². The van der Waals surface area contributed by atoms with E-state index < -0.39 is 0 Å². The lowest BCUT2D eigenvalue weighted by Gasteiger charge is -2.20. The number of aromatic nitrogens is 1. The summed E-state index contributed by atoms with van der Waals surface area (Å²) in [6.07, 6.45) is 1.19. The third kappa shape index (κ3) is 3.61. The Morgan fingerprint density at radius 2 is 1.85 bits per heavy atom. The molecule has 0 fully saturated rings. The summed E-state index contributed by atoms with van der Waals surface area (Å²) in [6.45, 7) is 0. The van der Waals surface area contributed by atoms with Crippen LogP contribution in [-0.2, 0) is 6.42 Å². The lowest BCUT2D eigenvalue weighted by molar-refractivity contribution is 0.0967. The maximum absolute atomic E-state index is 12.6. The molecule has 0 aliphatic heterocycles. The van der Waals surface area contributed by atoms with E-state index in [1.165, 1.54) is 11.3 Å². The molecule has 0 spiro atoms. The quantitative estimate of drug-likeness (QED) is 0.734. The molecule has 4 rings (SSSR count). The predicted molar refractivity (Wildman–Crippen MR) is 105 cm³/mol. The van der Waals surface area contributed by atoms with Crippen molar-refractivity contribution in [3.05, 3.63) is 76.3 Å². The highest BCUT2D eigenvalue weighted by atomic mass is 32.1. The van der Waals surface area contributed by atoms with Crippen molar-refractivity contribution < 1.29 is 14.3 Å². The number of hydrogen-bond donors (Lipinski definition) is 1.